The summed E-state index contributed by atoms with van der Waals surface area (Å²) in [6.07, 6.45) is 1.61. The van der Waals surface area contributed by atoms with Crippen molar-refractivity contribution in [1.29, 1.82) is 0 Å². The lowest BCUT2D eigenvalue weighted by atomic mass is 10.3. The highest BCUT2D eigenvalue weighted by Crippen LogP contribution is 2.15. The predicted octanol–water partition coefficient (Wildman–Crippen LogP) is 2.24. The molecule has 0 unspecified atom stereocenters. The van der Waals surface area contributed by atoms with Gasteiger partial charge in [-0.05, 0) is 12.1 Å². The van der Waals surface area contributed by atoms with Gasteiger partial charge in [0.25, 0.3) is 5.69 Å². The van der Waals surface area contributed by atoms with Crippen LogP contribution in [0.15, 0.2) is 36.9 Å². The van der Waals surface area contributed by atoms with Gasteiger partial charge in [-0.3, -0.25) is 10.1 Å². The zero-order chi connectivity index (χ0) is 12.8. The fourth-order valence-electron chi connectivity index (χ4n) is 1.16. The fourth-order valence-corrected chi connectivity index (χ4v) is 1.16. The molecule has 1 aromatic carbocycles. The SMILES string of the molecule is C=CCN(C)C(=O)Nc1ccc([N+](=O)[O-])cc1. The molecule has 6 heteroatoms. The first-order valence-corrected chi connectivity index (χ1v) is 4.92. The number of amides is 2. The van der Waals surface area contributed by atoms with E-state index in [1.807, 2.05) is 0 Å². The number of nitrogens with one attached hydrogen (secondary N) is 1. The molecule has 2 amide bonds. The molecule has 0 saturated carbocycles. The summed E-state index contributed by atoms with van der Waals surface area (Å²) in [4.78, 5) is 22.9. The van der Waals surface area contributed by atoms with Gasteiger partial charge in [0.1, 0.15) is 0 Å². The Morgan fingerprint density at radius 2 is 2.12 bits per heavy atom. The summed E-state index contributed by atoms with van der Waals surface area (Å²) < 4.78 is 0. The molecule has 1 rings (SSSR count). The molecule has 0 atom stereocenters. The molecule has 0 aliphatic heterocycles. The molecule has 0 aliphatic carbocycles. The molecule has 90 valence electrons. The maximum atomic E-state index is 11.6. The average Bonchev–Trinajstić information content (AvgIpc) is 2.30. The minimum absolute atomic E-state index is 0.0116. The van der Waals surface area contributed by atoms with Gasteiger partial charge in [-0.15, -0.1) is 6.58 Å². The van der Waals surface area contributed by atoms with E-state index in [-0.39, 0.29) is 11.7 Å². The van der Waals surface area contributed by atoms with Crippen molar-refractivity contribution >= 4 is 17.4 Å². The molecule has 0 radical (unpaired) electrons. The highest BCUT2D eigenvalue weighted by Gasteiger charge is 2.08. The van der Waals surface area contributed by atoms with Crippen LogP contribution in [0.25, 0.3) is 0 Å². The van der Waals surface area contributed by atoms with Crippen LogP contribution in [0.2, 0.25) is 0 Å². The number of carbonyl (C=O) groups is 1. The van der Waals surface area contributed by atoms with Crippen LogP contribution in [0.4, 0.5) is 16.2 Å². The largest absolute Gasteiger partial charge is 0.324 e. The molecule has 0 heterocycles. The van der Waals surface area contributed by atoms with E-state index in [4.69, 9.17) is 0 Å². The van der Waals surface area contributed by atoms with Gasteiger partial charge >= 0.3 is 6.03 Å². The Hall–Kier alpha value is -2.37. The number of urea groups is 1. The number of nitro benzene ring substituents is 1. The fraction of sp³-hybridized carbons (Fsp3) is 0.182. The topological polar surface area (TPSA) is 75.5 Å². The van der Waals surface area contributed by atoms with Crippen LogP contribution < -0.4 is 5.32 Å². The third kappa shape index (κ3) is 3.60. The maximum absolute atomic E-state index is 11.6. The van der Waals surface area contributed by atoms with Gasteiger partial charge in [0.05, 0.1) is 4.92 Å². The summed E-state index contributed by atoms with van der Waals surface area (Å²) in [6.45, 7) is 3.95. The van der Waals surface area contributed by atoms with E-state index < -0.39 is 4.92 Å². The van der Waals surface area contributed by atoms with Crippen molar-refractivity contribution < 1.29 is 9.72 Å². The Morgan fingerprint density at radius 1 is 1.53 bits per heavy atom. The first kappa shape index (κ1) is 12.7. The normalized spacial score (nSPS) is 9.47. The van der Waals surface area contributed by atoms with Crippen molar-refractivity contribution in [3.8, 4) is 0 Å². The number of anilines is 1. The Kier molecular flexibility index (Phi) is 4.21. The van der Waals surface area contributed by atoms with Crippen molar-refractivity contribution in [2.45, 2.75) is 0 Å². The molecule has 6 nitrogen and oxygen atoms in total. The van der Waals surface area contributed by atoms with Crippen LogP contribution >= 0.6 is 0 Å². The summed E-state index contributed by atoms with van der Waals surface area (Å²) >= 11 is 0. The highest BCUT2D eigenvalue weighted by molar-refractivity contribution is 5.89. The van der Waals surface area contributed by atoms with E-state index in [1.54, 1.807) is 13.1 Å². The number of non-ortho nitro benzene ring substituents is 1. The summed E-state index contributed by atoms with van der Waals surface area (Å²) in [5.41, 5.74) is 0.499. The molecule has 0 aliphatic rings. The predicted molar refractivity (Wildman–Crippen MR) is 64.9 cm³/mol. The lowest BCUT2D eigenvalue weighted by Gasteiger charge is -2.15. The van der Waals surface area contributed by atoms with E-state index >= 15 is 0 Å². The number of nitro groups is 1. The summed E-state index contributed by atoms with van der Waals surface area (Å²) in [5, 5.41) is 13.0. The van der Waals surface area contributed by atoms with Gasteiger partial charge in [-0.2, -0.15) is 0 Å². The van der Waals surface area contributed by atoms with Crippen molar-refractivity contribution in [3.05, 3.63) is 47.0 Å². The van der Waals surface area contributed by atoms with Gasteiger partial charge in [-0.1, -0.05) is 6.08 Å². The smallest absolute Gasteiger partial charge is 0.321 e. The molecular weight excluding hydrogens is 222 g/mol. The maximum Gasteiger partial charge on any atom is 0.321 e. The van der Waals surface area contributed by atoms with Gasteiger partial charge < -0.3 is 10.2 Å². The summed E-state index contributed by atoms with van der Waals surface area (Å²) in [6, 6.07) is 5.35. The van der Waals surface area contributed by atoms with Crippen molar-refractivity contribution in [2.24, 2.45) is 0 Å². The minimum Gasteiger partial charge on any atom is -0.324 e. The van der Waals surface area contributed by atoms with Gasteiger partial charge in [-0.25, -0.2) is 4.79 Å². The minimum atomic E-state index is -0.491. The van der Waals surface area contributed by atoms with Crippen LogP contribution in [0, 0.1) is 10.1 Å². The molecule has 0 bridgehead atoms. The lowest BCUT2D eigenvalue weighted by molar-refractivity contribution is -0.384. The number of rotatable bonds is 4. The van der Waals surface area contributed by atoms with Crippen molar-refractivity contribution in [3.63, 3.8) is 0 Å². The number of nitrogens with zero attached hydrogens (tertiary/aromatic N) is 2. The average molecular weight is 235 g/mol. The van der Waals surface area contributed by atoms with E-state index in [9.17, 15) is 14.9 Å². The van der Waals surface area contributed by atoms with E-state index in [2.05, 4.69) is 11.9 Å². The number of likely N-dealkylation sites (N-methyl/N-ethyl adjacent to an activating group) is 1. The number of carbonyl (C=O) groups excluding carboxylic acids is 1. The second-order valence-corrected chi connectivity index (χ2v) is 3.40. The van der Waals surface area contributed by atoms with Crippen LogP contribution in [0.1, 0.15) is 0 Å². The van der Waals surface area contributed by atoms with Crippen molar-refractivity contribution in [1.82, 2.24) is 4.90 Å². The molecule has 17 heavy (non-hydrogen) atoms. The third-order valence-electron chi connectivity index (χ3n) is 2.08. The number of hydrogen-bond acceptors (Lipinski definition) is 3. The van der Waals surface area contributed by atoms with Gasteiger partial charge in [0.2, 0.25) is 0 Å². The monoisotopic (exact) mass is 235 g/mol. The third-order valence-corrected chi connectivity index (χ3v) is 2.08. The van der Waals surface area contributed by atoms with Crippen LogP contribution in [0.3, 0.4) is 0 Å². The van der Waals surface area contributed by atoms with Crippen LogP contribution in [0.5, 0.6) is 0 Å². The van der Waals surface area contributed by atoms with E-state index in [1.165, 1.54) is 29.2 Å². The molecule has 1 aromatic rings. The summed E-state index contributed by atoms with van der Waals surface area (Å²) in [7, 11) is 1.63. The molecule has 0 aromatic heterocycles. The van der Waals surface area contributed by atoms with Crippen LogP contribution in [-0.2, 0) is 0 Å². The first-order chi connectivity index (χ1) is 8.04. The van der Waals surface area contributed by atoms with Crippen molar-refractivity contribution in [2.75, 3.05) is 18.9 Å². The number of benzene rings is 1. The zero-order valence-corrected chi connectivity index (χ0v) is 9.42. The van der Waals surface area contributed by atoms with E-state index in [0.717, 1.165) is 0 Å². The molecule has 0 saturated heterocycles. The Labute approximate surface area is 98.7 Å². The molecular formula is C11H13N3O3. The Morgan fingerprint density at radius 3 is 2.59 bits per heavy atom. The van der Waals surface area contributed by atoms with Crippen LogP contribution in [-0.4, -0.2) is 29.4 Å². The molecule has 0 fully saturated rings. The highest BCUT2D eigenvalue weighted by atomic mass is 16.6. The van der Waals surface area contributed by atoms with Gasteiger partial charge in [0.15, 0.2) is 0 Å². The molecule has 1 N–H and O–H groups in total. The second kappa shape index (κ2) is 5.64. The van der Waals surface area contributed by atoms with E-state index in [0.29, 0.717) is 12.2 Å². The number of hydrogen-bond donors (Lipinski definition) is 1. The first-order valence-electron chi connectivity index (χ1n) is 4.92. The molecule has 0 spiro atoms. The summed E-state index contributed by atoms with van der Waals surface area (Å²) in [5.74, 6) is 0. The Balaban J connectivity index is 2.66. The zero-order valence-electron chi connectivity index (χ0n) is 9.42. The standard InChI is InChI=1S/C11H13N3O3/c1-3-8-13(2)11(15)12-9-4-6-10(7-5-9)14(16)17/h3-7H,1,8H2,2H3,(H,12,15). The quantitative estimate of drug-likeness (QED) is 0.494. The van der Waals surface area contributed by atoms with Gasteiger partial charge in [0, 0.05) is 31.4 Å². The second-order valence-electron chi connectivity index (χ2n) is 3.40. The Bertz CT molecular complexity index is 428. The lowest BCUT2D eigenvalue weighted by Crippen LogP contribution is -2.31.